The highest BCUT2D eigenvalue weighted by atomic mass is 127. The predicted molar refractivity (Wildman–Crippen MR) is 121 cm³/mol. The first-order valence-corrected chi connectivity index (χ1v) is 9.84. The van der Waals surface area contributed by atoms with Crippen molar-refractivity contribution in [2.24, 2.45) is 10.9 Å². The van der Waals surface area contributed by atoms with E-state index in [0.29, 0.717) is 43.0 Å². The van der Waals surface area contributed by atoms with Gasteiger partial charge in [0.1, 0.15) is 5.75 Å². The highest BCUT2D eigenvalue weighted by Gasteiger charge is 2.33. The molecule has 162 valence electrons. The van der Waals surface area contributed by atoms with Crippen molar-refractivity contribution in [2.45, 2.75) is 33.0 Å². The van der Waals surface area contributed by atoms with Gasteiger partial charge in [0.05, 0.1) is 11.6 Å². The maximum absolute atomic E-state index is 12.6. The molecule has 0 atom stereocenters. The average Bonchev–Trinajstić information content (AvgIpc) is 3.13. The van der Waals surface area contributed by atoms with Crippen molar-refractivity contribution < 1.29 is 17.9 Å². The van der Waals surface area contributed by atoms with Crippen LogP contribution < -0.4 is 15.4 Å². The van der Waals surface area contributed by atoms with E-state index in [0.717, 1.165) is 28.0 Å². The van der Waals surface area contributed by atoms with E-state index >= 15 is 0 Å². The predicted octanol–water partition coefficient (Wildman–Crippen LogP) is 4.72. The molecule has 0 saturated carbocycles. The van der Waals surface area contributed by atoms with Gasteiger partial charge in [-0.15, -0.1) is 35.3 Å². The van der Waals surface area contributed by atoms with Crippen molar-refractivity contribution in [1.82, 2.24) is 15.6 Å². The Labute approximate surface area is 190 Å². The topological polar surface area (TPSA) is 58.5 Å². The van der Waals surface area contributed by atoms with E-state index in [1.165, 1.54) is 0 Å². The number of alkyl halides is 3. The number of aliphatic imine (C=N–C) groups is 1. The third kappa shape index (κ3) is 8.77. The van der Waals surface area contributed by atoms with Gasteiger partial charge < -0.3 is 15.4 Å². The minimum atomic E-state index is -4.40. The quantitative estimate of drug-likeness (QED) is 0.288. The van der Waals surface area contributed by atoms with E-state index < -0.39 is 11.9 Å². The van der Waals surface area contributed by atoms with Crippen LogP contribution in [0.5, 0.6) is 5.75 Å². The number of nitrogens with one attached hydrogen (secondary N) is 2. The molecule has 0 aliphatic heterocycles. The smallest absolute Gasteiger partial charge is 0.434 e. The zero-order valence-electron chi connectivity index (χ0n) is 16.5. The minimum absolute atomic E-state index is 0. The molecule has 10 heteroatoms. The first kappa shape index (κ1) is 25.5. The molecule has 0 amide bonds. The minimum Gasteiger partial charge on any atom is -0.493 e. The van der Waals surface area contributed by atoms with Crippen LogP contribution in [0.15, 0.2) is 34.6 Å². The Morgan fingerprint density at radius 1 is 1.24 bits per heavy atom. The first-order valence-electron chi connectivity index (χ1n) is 8.96. The third-order valence-electron chi connectivity index (χ3n) is 3.69. The number of benzene rings is 1. The number of hydrogen-bond acceptors (Lipinski definition) is 4. The van der Waals surface area contributed by atoms with E-state index in [-0.39, 0.29) is 24.0 Å². The molecule has 2 aromatic rings. The highest BCUT2D eigenvalue weighted by molar-refractivity contribution is 14.0. The van der Waals surface area contributed by atoms with Gasteiger partial charge in [0.15, 0.2) is 11.7 Å². The molecule has 0 aliphatic carbocycles. The van der Waals surface area contributed by atoms with E-state index in [1.54, 1.807) is 7.05 Å². The maximum Gasteiger partial charge on any atom is 0.434 e. The van der Waals surface area contributed by atoms with Gasteiger partial charge in [-0.05, 0) is 12.0 Å². The Hall–Kier alpha value is -1.56. The van der Waals surface area contributed by atoms with Crippen LogP contribution in [0.3, 0.4) is 0 Å². The number of aromatic nitrogens is 1. The van der Waals surface area contributed by atoms with Crippen molar-refractivity contribution in [3.63, 3.8) is 0 Å². The normalized spacial score (nSPS) is 11.9. The van der Waals surface area contributed by atoms with Crippen molar-refractivity contribution in [3.8, 4) is 5.75 Å². The molecule has 2 rings (SSSR count). The molecule has 1 heterocycles. The number of ether oxygens (including phenoxy) is 1. The summed E-state index contributed by atoms with van der Waals surface area (Å²) in [5.74, 6) is 1.81. The molecule has 1 aromatic heterocycles. The lowest BCUT2D eigenvalue weighted by Crippen LogP contribution is -2.37. The van der Waals surface area contributed by atoms with Crippen molar-refractivity contribution >= 4 is 41.3 Å². The molecular formula is C19H26F3IN4OS. The van der Waals surface area contributed by atoms with Crippen LogP contribution in [0.1, 0.15) is 30.1 Å². The lowest BCUT2D eigenvalue weighted by atomic mass is 10.2. The molecule has 0 fully saturated rings. The molecule has 1 aromatic carbocycles. The van der Waals surface area contributed by atoms with Crippen molar-refractivity contribution in [2.75, 3.05) is 20.2 Å². The van der Waals surface area contributed by atoms with Crippen LogP contribution >= 0.6 is 35.3 Å². The number of guanidine groups is 1. The van der Waals surface area contributed by atoms with Gasteiger partial charge in [-0.1, -0.05) is 32.0 Å². The summed E-state index contributed by atoms with van der Waals surface area (Å²) in [6, 6.07) is 7.77. The molecule has 0 spiro atoms. The zero-order chi connectivity index (χ0) is 20.6. The van der Waals surface area contributed by atoms with Crippen LogP contribution in [0.2, 0.25) is 0 Å². The van der Waals surface area contributed by atoms with E-state index in [4.69, 9.17) is 4.74 Å². The summed E-state index contributed by atoms with van der Waals surface area (Å²) in [5, 5.41) is 7.75. The van der Waals surface area contributed by atoms with Gasteiger partial charge in [-0.3, -0.25) is 4.99 Å². The van der Waals surface area contributed by atoms with Gasteiger partial charge in [0.25, 0.3) is 0 Å². The summed E-state index contributed by atoms with van der Waals surface area (Å²) in [6.07, 6.45) is -4.01. The zero-order valence-corrected chi connectivity index (χ0v) is 19.7. The summed E-state index contributed by atoms with van der Waals surface area (Å²) < 4.78 is 43.6. The second kappa shape index (κ2) is 12.2. The van der Waals surface area contributed by atoms with Gasteiger partial charge >= 0.3 is 6.18 Å². The van der Waals surface area contributed by atoms with Crippen molar-refractivity contribution in [3.05, 3.63) is 45.9 Å². The Morgan fingerprint density at radius 3 is 2.59 bits per heavy atom. The molecule has 0 unspecified atom stereocenters. The van der Waals surface area contributed by atoms with E-state index in [9.17, 15) is 13.2 Å². The van der Waals surface area contributed by atoms with Gasteiger partial charge in [-0.25, -0.2) is 4.98 Å². The number of thiazole rings is 1. The lowest BCUT2D eigenvalue weighted by molar-refractivity contribution is -0.140. The SMILES string of the molecule is CN=C(NCCc1nc(C(F)(F)F)cs1)NCc1ccccc1OCC(C)C.I. The van der Waals surface area contributed by atoms with Gasteiger partial charge in [-0.2, -0.15) is 13.2 Å². The molecule has 5 nitrogen and oxygen atoms in total. The second-order valence-corrected chi connectivity index (χ2v) is 7.48. The Kier molecular flexibility index (Phi) is 10.7. The summed E-state index contributed by atoms with van der Waals surface area (Å²) in [4.78, 5) is 7.76. The largest absolute Gasteiger partial charge is 0.493 e. The van der Waals surface area contributed by atoms with E-state index in [2.05, 4.69) is 34.5 Å². The average molecular weight is 542 g/mol. The molecule has 2 N–H and O–H groups in total. The first-order chi connectivity index (χ1) is 13.3. The fraction of sp³-hybridized carbons (Fsp3) is 0.474. The lowest BCUT2D eigenvalue weighted by Gasteiger charge is -2.15. The number of hydrogen-bond donors (Lipinski definition) is 2. The van der Waals surface area contributed by atoms with Crippen LogP contribution in [-0.4, -0.2) is 31.1 Å². The Morgan fingerprint density at radius 2 is 1.97 bits per heavy atom. The van der Waals surface area contributed by atoms with Crippen LogP contribution in [0, 0.1) is 5.92 Å². The monoisotopic (exact) mass is 542 g/mol. The van der Waals surface area contributed by atoms with Gasteiger partial charge in [0.2, 0.25) is 0 Å². The fourth-order valence-electron chi connectivity index (χ4n) is 2.29. The molecular weight excluding hydrogens is 516 g/mol. The van der Waals surface area contributed by atoms with Crippen LogP contribution in [0.4, 0.5) is 13.2 Å². The van der Waals surface area contributed by atoms with Crippen LogP contribution in [0.25, 0.3) is 0 Å². The molecule has 0 radical (unpaired) electrons. The molecule has 0 saturated heterocycles. The number of nitrogens with zero attached hydrogens (tertiary/aromatic N) is 2. The molecule has 0 bridgehead atoms. The standard InChI is InChI=1S/C19H25F3N4OS.HI/c1-13(2)11-27-15-7-5-4-6-14(15)10-25-18(23-3)24-9-8-17-26-16(12-28-17)19(20,21)22;/h4-7,12-13H,8-11H2,1-3H3,(H2,23,24,25);1H. The summed E-state index contributed by atoms with van der Waals surface area (Å²) >= 11 is 1.01. The van der Waals surface area contributed by atoms with Crippen molar-refractivity contribution in [1.29, 1.82) is 0 Å². The summed E-state index contributed by atoms with van der Waals surface area (Å²) in [6.45, 7) is 5.76. The Bertz CT molecular complexity index is 781. The Balaban J connectivity index is 0.00000420. The van der Waals surface area contributed by atoms with Gasteiger partial charge in [0, 0.05) is 37.5 Å². The number of halogens is 4. The fourth-order valence-corrected chi connectivity index (χ4v) is 3.10. The second-order valence-electron chi connectivity index (χ2n) is 6.54. The third-order valence-corrected chi connectivity index (χ3v) is 4.60. The van der Waals surface area contributed by atoms with Crippen LogP contribution in [-0.2, 0) is 19.1 Å². The summed E-state index contributed by atoms with van der Waals surface area (Å²) in [5.41, 5.74) is 0.161. The summed E-state index contributed by atoms with van der Waals surface area (Å²) in [7, 11) is 1.64. The molecule has 0 aliphatic rings. The number of para-hydroxylation sites is 1. The highest BCUT2D eigenvalue weighted by Crippen LogP contribution is 2.30. The molecule has 29 heavy (non-hydrogen) atoms. The number of rotatable bonds is 8. The van der Waals surface area contributed by atoms with E-state index in [1.807, 2.05) is 24.3 Å². The maximum atomic E-state index is 12.6.